The number of hydrogen-bond acceptors (Lipinski definition) is 4. The molecular weight excluding hydrogens is 234 g/mol. The normalized spacial score (nSPS) is 10.3. The minimum atomic E-state index is -0.0737. The molecule has 15 heavy (non-hydrogen) atoms. The third-order valence-electron chi connectivity index (χ3n) is 2.03. The molecule has 0 bridgehead atoms. The minimum absolute atomic E-state index is 0.0737. The standard InChI is InChI=1S/C9H14ClN3OS/c1-3-5-6-13(4-2)8(14)7-11-12-9(10)15-7/h3-6H2,1-2H3. The van der Waals surface area contributed by atoms with E-state index in [4.69, 9.17) is 11.6 Å². The number of rotatable bonds is 5. The third kappa shape index (κ3) is 3.43. The van der Waals surface area contributed by atoms with Crippen molar-refractivity contribution in [3.63, 3.8) is 0 Å². The lowest BCUT2D eigenvalue weighted by molar-refractivity contribution is 0.0761. The average molecular weight is 248 g/mol. The molecule has 0 aliphatic rings. The number of hydrogen-bond donors (Lipinski definition) is 0. The number of aromatic nitrogens is 2. The maximum atomic E-state index is 11.9. The maximum absolute atomic E-state index is 11.9. The average Bonchev–Trinajstić information content (AvgIpc) is 2.65. The van der Waals surface area contributed by atoms with Crippen molar-refractivity contribution in [1.29, 1.82) is 0 Å². The van der Waals surface area contributed by atoms with Gasteiger partial charge in [0.05, 0.1) is 0 Å². The lowest BCUT2D eigenvalue weighted by atomic mass is 10.3. The third-order valence-corrected chi connectivity index (χ3v) is 3.04. The molecule has 0 aliphatic heterocycles. The van der Waals surface area contributed by atoms with Gasteiger partial charge in [-0.3, -0.25) is 4.79 Å². The Morgan fingerprint density at radius 2 is 2.20 bits per heavy atom. The van der Waals surface area contributed by atoms with Gasteiger partial charge in [-0.25, -0.2) is 0 Å². The van der Waals surface area contributed by atoms with Crippen LogP contribution in [0.2, 0.25) is 4.47 Å². The fourth-order valence-corrected chi connectivity index (χ4v) is 1.98. The molecule has 0 N–H and O–H groups in total. The van der Waals surface area contributed by atoms with Crippen LogP contribution in [0.4, 0.5) is 0 Å². The van der Waals surface area contributed by atoms with E-state index in [1.807, 2.05) is 6.92 Å². The Morgan fingerprint density at radius 3 is 2.67 bits per heavy atom. The van der Waals surface area contributed by atoms with Gasteiger partial charge in [-0.05, 0) is 24.9 Å². The molecular formula is C9H14ClN3OS. The Labute approximate surface area is 98.3 Å². The Bertz CT molecular complexity index is 329. The van der Waals surface area contributed by atoms with Crippen LogP contribution in [-0.4, -0.2) is 34.1 Å². The van der Waals surface area contributed by atoms with Gasteiger partial charge < -0.3 is 4.90 Å². The summed E-state index contributed by atoms with van der Waals surface area (Å²) in [5.41, 5.74) is 0. The van der Waals surface area contributed by atoms with Crippen molar-refractivity contribution in [2.75, 3.05) is 13.1 Å². The summed E-state index contributed by atoms with van der Waals surface area (Å²) in [6, 6.07) is 0. The van der Waals surface area contributed by atoms with Crippen LogP contribution in [0.1, 0.15) is 36.5 Å². The van der Waals surface area contributed by atoms with E-state index in [0.717, 1.165) is 30.7 Å². The molecule has 1 heterocycles. The Balaban J connectivity index is 2.64. The zero-order valence-corrected chi connectivity index (χ0v) is 10.4. The van der Waals surface area contributed by atoms with Crippen molar-refractivity contribution in [3.8, 4) is 0 Å². The van der Waals surface area contributed by atoms with Crippen LogP contribution in [0, 0.1) is 0 Å². The second-order valence-corrected chi connectivity index (χ2v) is 4.66. The van der Waals surface area contributed by atoms with Gasteiger partial charge in [0.15, 0.2) is 0 Å². The van der Waals surface area contributed by atoms with E-state index in [-0.39, 0.29) is 5.91 Å². The van der Waals surface area contributed by atoms with Crippen LogP contribution >= 0.6 is 22.9 Å². The van der Waals surface area contributed by atoms with E-state index < -0.39 is 0 Å². The highest BCUT2D eigenvalue weighted by atomic mass is 35.5. The highest BCUT2D eigenvalue weighted by Crippen LogP contribution is 2.16. The minimum Gasteiger partial charge on any atom is -0.337 e. The Morgan fingerprint density at radius 1 is 1.47 bits per heavy atom. The van der Waals surface area contributed by atoms with Crippen LogP contribution in [0.3, 0.4) is 0 Å². The Hall–Kier alpha value is -0.680. The molecule has 0 atom stereocenters. The quantitative estimate of drug-likeness (QED) is 0.803. The zero-order chi connectivity index (χ0) is 11.3. The highest BCUT2D eigenvalue weighted by Gasteiger charge is 2.17. The van der Waals surface area contributed by atoms with Crippen LogP contribution in [0.5, 0.6) is 0 Å². The van der Waals surface area contributed by atoms with E-state index in [1.54, 1.807) is 4.90 Å². The van der Waals surface area contributed by atoms with Crippen molar-refractivity contribution < 1.29 is 4.79 Å². The number of carbonyl (C=O) groups excluding carboxylic acids is 1. The lowest BCUT2D eigenvalue weighted by Crippen LogP contribution is -2.31. The number of unbranched alkanes of at least 4 members (excludes halogenated alkanes) is 1. The molecule has 0 radical (unpaired) electrons. The second kappa shape index (κ2) is 6.02. The molecule has 6 heteroatoms. The summed E-state index contributed by atoms with van der Waals surface area (Å²) >= 11 is 6.76. The first kappa shape index (κ1) is 12.4. The van der Waals surface area contributed by atoms with Crippen LogP contribution in [0.15, 0.2) is 0 Å². The SMILES string of the molecule is CCCCN(CC)C(=O)c1nnc(Cl)s1. The second-order valence-electron chi connectivity index (χ2n) is 3.10. The summed E-state index contributed by atoms with van der Waals surface area (Å²) in [5.74, 6) is -0.0737. The molecule has 1 rings (SSSR count). The molecule has 0 unspecified atom stereocenters. The predicted octanol–water partition coefficient (Wildman–Crippen LogP) is 2.45. The molecule has 1 aromatic rings. The summed E-state index contributed by atoms with van der Waals surface area (Å²) in [5, 5.41) is 7.73. The monoisotopic (exact) mass is 247 g/mol. The molecule has 0 saturated carbocycles. The van der Waals surface area contributed by atoms with Gasteiger partial charge in [0.1, 0.15) is 0 Å². The van der Waals surface area contributed by atoms with Crippen molar-refractivity contribution in [2.45, 2.75) is 26.7 Å². The van der Waals surface area contributed by atoms with Gasteiger partial charge >= 0.3 is 0 Å². The van der Waals surface area contributed by atoms with E-state index in [1.165, 1.54) is 0 Å². The van der Waals surface area contributed by atoms with Crippen LogP contribution < -0.4 is 0 Å². The fraction of sp³-hybridized carbons (Fsp3) is 0.667. The van der Waals surface area contributed by atoms with Gasteiger partial charge in [0, 0.05) is 13.1 Å². The first-order chi connectivity index (χ1) is 7.19. The molecule has 84 valence electrons. The van der Waals surface area contributed by atoms with Crippen molar-refractivity contribution >= 4 is 28.8 Å². The van der Waals surface area contributed by atoms with Crippen molar-refractivity contribution in [1.82, 2.24) is 15.1 Å². The highest BCUT2D eigenvalue weighted by molar-refractivity contribution is 7.17. The van der Waals surface area contributed by atoms with Crippen molar-refractivity contribution in [2.24, 2.45) is 0 Å². The fourth-order valence-electron chi connectivity index (χ4n) is 1.18. The summed E-state index contributed by atoms with van der Waals surface area (Å²) in [4.78, 5) is 13.6. The van der Waals surface area contributed by atoms with E-state index in [0.29, 0.717) is 16.0 Å². The first-order valence-corrected chi connectivity index (χ1v) is 6.16. The smallest absolute Gasteiger partial charge is 0.284 e. The molecule has 0 aromatic carbocycles. The number of carbonyl (C=O) groups is 1. The molecule has 0 saturated heterocycles. The summed E-state index contributed by atoms with van der Waals surface area (Å²) < 4.78 is 0.310. The topological polar surface area (TPSA) is 46.1 Å². The largest absolute Gasteiger partial charge is 0.337 e. The molecule has 0 fully saturated rings. The predicted molar refractivity (Wildman–Crippen MR) is 61.4 cm³/mol. The number of amides is 1. The maximum Gasteiger partial charge on any atom is 0.284 e. The Kier molecular flexibility index (Phi) is 4.98. The number of nitrogens with zero attached hydrogens (tertiary/aromatic N) is 3. The summed E-state index contributed by atoms with van der Waals surface area (Å²) in [6.07, 6.45) is 2.08. The molecule has 1 amide bonds. The molecule has 1 aromatic heterocycles. The van der Waals surface area contributed by atoms with Gasteiger partial charge in [-0.1, -0.05) is 24.7 Å². The van der Waals surface area contributed by atoms with Gasteiger partial charge in [-0.15, -0.1) is 10.2 Å². The van der Waals surface area contributed by atoms with Crippen molar-refractivity contribution in [3.05, 3.63) is 9.47 Å². The van der Waals surface area contributed by atoms with Crippen LogP contribution in [-0.2, 0) is 0 Å². The molecule has 0 spiro atoms. The zero-order valence-electron chi connectivity index (χ0n) is 8.86. The number of halogens is 1. The van der Waals surface area contributed by atoms with E-state index >= 15 is 0 Å². The van der Waals surface area contributed by atoms with Gasteiger partial charge in [-0.2, -0.15) is 0 Å². The summed E-state index contributed by atoms with van der Waals surface area (Å²) in [7, 11) is 0. The molecule has 0 aliphatic carbocycles. The molecule has 4 nitrogen and oxygen atoms in total. The lowest BCUT2D eigenvalue weighted by Gasteiger charge is -2.18. The van der Waals surface area contributed by atoms with E-state index in [9.17, 15) is 4.79 Å². The summed E-state index contributed by atoms with van der Waals surface area (Å²) in [6.45, 7) is 5.51. The van der Waals surface area contributed by atoms with Gasteiger partial charge in [0.25, 0.3) is 5.91 Å². The van der Waals surface area contributed by atoms with E-state index in [2.05, 4.69) is 17.1 Å². The van der Waals surface area contributed by atoms with Gasteiger partial charge in [0.2, 0.25) is 9.47 Å². The van der Waals surface area contributed by atoms with Crippen LogP contribution in [0.25, 0.3) is 0 Å². The first-order valence-electron chi connectivity index (χ1n) is 4.97.